The number of para-hydroxylation sites is 1. The number of nitrogens with one attached hydrogen (secondary N) is 1. The minimum absolute atomic E-state index is 0.0922. The lowest BCUT2D eigenvalue weighted by Crippen LogP contribution is -2.32. The number of methoxy groups -OCH3 is 1. The average molecular weight is 419 g/mol. The second-order valence-corrected chi connectivity index (χ2v) is 7.80. The van der Waals surface area contributed by atoms with Crippen LogP contribution in [0, 0.1) is 0 Å². The molecule has 0 bridgehead atoms. The maximum absolute atomic E-state index is 12.4. The molecule has 1 N–H and O–H groups in total. The molecule has 0 spiro atoms. The predicted octanol–water partition coefficient (Wildman–Crippen LogP) is 5.36. The van der Waals surface area contributed by atoms with Crippen molar-refractivity contribution in [3.8, 4) is 0 Å². The number of amides is 1. The minimum Gasteiger partial charge on any atom is -0.452 e. The lowest BCUT2D eigenvalue weighted by Gasteiger charge is -2.12. The van der Waals surface area contributed by atoms with E-state index >= 15 is 0 Å². The molecule has 5 nitrogen and oxygen atoms in total. The van der Waals surface area contributed by atoms with Crippen LogP contribution in [0.4, 0.5) is 4.79 Å². The van der Waals surface area contributed by atoms with Gasteiger partial charge in [0.25, 0.3) is 0 Å². The van der Waals surface area contributed by atoms with Crippen LogP contribution in [0.5, 0.6) is 0 Å². The molecular weight excluding hydrogens is 388 g/mol. The number of aromatic nitrogens is 1. The highest BCUT2D eigenvalue weighted by Crippen LogP contribution is 2.23. The first-order valence-electron chi connectivity index (χ1n) is 10.8. The molecule has 2 aromatic carbocycles. The summed E-state index contributed by atoms with van der Waals surface area (Å²) in [5.74, 6) is -0.140. The number of carbonyl (C=O) groups excluding carboxylic acids is 2. The Morgan fingerprint density at radius 1 is 1.13 bits per heavy atom. The zero-order chi connectivity index (χ0) is 22.2. The second-order valence-electron chi connectivity index (χ2n) is 7.80. The van der Waals surface area contributed by atoms with Gasteiger partial charge in [-0.05, 0) is 55.0 Å². The number of nitrogens with zero attached hydrogens (tertiary/aromatic N) is 1. The number of unbranched alkanes of at least 4 members (excludes halogenated alkanes) is 1. The Labute approximate surface area is 183 Å². The summed E-state index contributed by atoms with van der Waals surface area (Å²) in [6.07, 6.45) is 8.82. The number of hydrogen-bond acceptors (Lipinski definition) is 3. The molecule has 1 heterocycles. The molecule has 0 unspecified atom stereocenters. The Hall–Kier alpha value is -3.34. The fourth-order valence-corrected chi connectivity index (χ4v) is 3.68. The van der Waals surface area contributed by atoms with E-state index in [0.717, 1.165) is 28.5 Å². The van der Waals surface area contributed by atoms with Crippen LogP contribution in [0.2, 0.25) is 0 Å². The number of rotatable bonds is 8. The summed E-state index contributed by atoms with van der Waals surface area (Å²) >= 11 is 0. The Morgan fingerprint density at radius 2 is 1.87 bits per heavy atom. The van der Waals surface area contributed by atoms with Crippen LogP contribution in [-0.2, 0) is 22.4 Å². The largest absolute Gasteiger partial charge is 0.452 e. The van der Waals surface area contributed by atoms with Gasteiger partial charge in [0.05, 0.1) is 12.6 Å². The summed E-state index contributed by atoms with van der Waals surface area (Å²) in [6, 6.07) is 15.9. The van der Waals surface area contributed by atoms with E-state index in [1.165, 1.54) is 30.1 Å². The molecule has 0 aliphatic heterocycles. The molecule has 3 rings (SSSR count). The molecule has 1 atom stereocenters. The maximum Gasteiger partial charge on any atom is 0.418 e. The SMILES string of the molecule is CCCCc1ccc(C=CC(=O)N[C@H](C)Cc2cn(C(=O)OC)c3ccccc23)cc1. The molecule has 3 aromatic rings. The molecule has 0 fully saturated rings. The Balaban J connectivity index is 1.62. The van der Waals surface area contributed by atoms with E-state index in [9.17, 15) is 9.59 Å². The van der Waals surface area contributed by atoms with Gasteiger partial charge in [-0.1, -0.05) is 55.8 Å². The van der Waals surface area contributed by atoms with Gasteiger partial charge in [-0.2, -0.15) is 0 Å². The fourth-order valence-electron chi connectivity index (χ4n) is 3.68. The minimum atomic E-state index is -0.428. The topological polar surface area (TPSA) is 60.3 Å². The zero-order valence-electron chi connectivity index (χ0n) is 18.4. The van der Waals surface area contributed by atoms with E-state index in [-0.39, 0.29) is 11.9 Å². The van der Waals surface area contributed by atoms with Crippen LogP contribution >= 0.6 is 0 Å². The first kappa shape index (κ1) is 22.3. The number of carbonyl (C=O) groups is 2. The van der Waals surface area contributed by atoms with Gasteiger partial charge < -0.3 is 10.1 Å². The van der Waals surface area contributed by atoms with E-state index in [4.69, 9.17) is 4.74 Å². The number of ether oxygens (including phenoxy) is 1. The number of fused-ring (bicyclic) bond motifs is 1. The van der Waals surface area contributed by atoms with Crippen LogP contribution in [0.15, 0.2) is 60.8 Å². The standard InChI is InChI=1S/C26H30N2O3/c1-4-5-8-20-11-13-21(14-12-20)15-16-25(29)27-19(2)17-22-18-28(26(30)31-3)24-10-7-6-9-23(22)24/h6-7,9-16,18-19H,4-5,8,17H2,1-3H3,(H,27,29)/t19-/m1/s1. The third kappa shape index (κ3) is 5.85. The van der Waals surface area contributed by atoms with Gasteiger partial charge in [-0.25, -0.2) is 4.79 Å². The molecule has 162 valence electrons. The quantitative estimate of drug-likeness (QED) is 0.501. The van der Waals surface area contributed by atoms with E-state index in [1.807, 2.05) is 49.4 Å². The Kier molecular flexibility index (Phi) is 7.65. The van der Waals surface area contributed by atoms with Gasteiger partial charge in [0, 0.05) is 23.7 Å². The van der Waals surface area contributed by atoms with Crippen LogP contribution in [-0.4, -0.2) is 29.7 Å². The van der Waals surface area contributed by atoms with Crippen molar-refractivity contribution in [1.82, 2.24) is 9.88 Å². The van der Waals surface area contributed by atoms with Crippen molar-refractivity contribution >= 4 is 29.0 Å². The molecule has 5 heteroatoms. The van der Waals surface area contributed by atoms with Crippen molar-refractivity contribution in [3.63, 3.8) is 0 Å². The van der Waals surface area contributed by atoms with Crippen LogP contribution < -0.4 is 5.32 Å². The lowest BCUT2D eigenvalue weighted by molar-refractivity contribution is -0.117. The number of benzene rings is 2. The summed E-state index contributed by atoms with van der Waals surface area (Å²) in [4.78, 5) is 24.4. The van der Waals surface area contributed by atoms with Crippen LogP contribution in [0.3, 0.4) is 0 Å². The molecule has 31 heavy (non-hydrogen) atoms. The Morgan fingerprint density at radius 3 is 2.58 bits per heavy atom. The van der Waals surface area contributed by atoms with Gasteiger partial charge in [-0.15, -0.1) is 0 Å². The summed E-state index contributed by atoms with van der Waals surface area (Å²) in [7, 11) is 1.37. The van der Waals surface area contributed by atoms with Gasteiger partial charge in [0.2, 0.25) is 5.91 Å². The van der Waals surface area contributed by atoms with Crippen molar-refractivity contribution in [2.75, 3.05) is 7.11 Å². The molecule has 0 saturated carbocycles. The van der Waals surface area contributed by atoms with Crippen molar-refractivity contribution in [1.29, 1.82) is 0 Å². The van der Waals surface area contributed by atoms with Crippen molar-refractivity contribution in [2.45, 2.75) is 45.6 Å². The second kappa shape index (κ2) is 10.6. The third-order valence-electron chi connectivity index (χ3n) is 5.31. The number of aryl methyl sites for hydroxylation is 1. The third-order valence-corrected chi connectivity index (χ3v) is 5.31. The molecular formula is C26H30N2O3. The fraction of sp³-hybridized carbons (Fsp3) is 0.308. The molecule has 1 amide bonds. The molecule has 0 aliphatic rings. The monoisotopic (exact) mass is 418 g/mol. The first-order valence-corrected chi connectivity index (χ1v) is 10.8. The van der Waals surface area contributed by atoms with Gasteiger partial charge in [-0.3, -0.25) is 9.36 Å². The van der Waals surface area contributed by atoms with Gasteiger partial charge in [0.15, 0.2) is 0 Å². The summed E-state index contributed by atoms with van der Waals surface area (Å²) < 4.78 is 6.38. The van der Waals surface area contributed by atoms with E-state index in [1.54, 1.807) is 12.3 Å². The molecule has 0 aliphatic carbocycles. The first-order chi connectivity index (χ1) is 15.0. The zero-order valence-corrected chi connectivity index (χ0v) is 18.4. The number of hydrogen-bond donors (Lipinski definition) is 1. The molecule has 1 aromatic heterocycles. The van der Waals surface area contributed by atoms with Crippen LogP contribution in [0.1, 0.15) is 43.4 Å². The van der Waals surface area contributed by atoms with E-state index in [2.05, 4.69) is 24.4 Å². The highest BCUT2D eigenvalue weighted by molar-refractivity contribution is 5.93. The predicted molar refractivity (Wildman–Crippen MR) is 125 cm³/mol. The summed E-state index contributed by atoms with van der Waals surface area (Å²) in [6.45, 7) is 4.15. The highest BCUT2D eigenvalue weighted by Gasteiger charge is 2.16. The summed E-state index contributed by atoms with van der Waals surface area (Å²) in [5, 5.41) is 3.98. The summed E-state index contributed by atoms with van der Waals surface area (Å²) in [5.41, 5.74) is 4.11. The molecule has 0 saturated heterocycles. The lowest BCUT2D eigenvalue weighted by atomic mass is 10.1. The molecule has 0 radical (unpaired) electrons. The van der Waals surface area contributed by atoms with Crippen molar-refractivity contribution < 1.29 is 14.3 Å². The van der Waals surface area contributed by atoms with Crippen molar-refractivity contribution in [2.24, 2.45) is 0 Å². The smallest absolute Gasteiger partial charge is 0.418 e. The van der Waals surface area contributed by atoms with Crippen LogP contribution in [0.25, 0.3) is 17.0 Å². The van der Waals surface area contributed by atoms with Crippen molar-refractivity contribution in [3.05, 3.63) is 77.5 Å². The average Bonchev–Trinajstić information content (AvgIpc) is 3.14. The maximum atomic E-state index is 12.4. The van der Waals surface area contributed by atoms with E-state index in [0.29, 0.717) is 6.42 Å². The Bertz CT molecular complexity index is 1060. The normalized spacial score (nSPS) is 12.2. The van der Waals surface area contributed by atoms with Gasteiger partial charge >= 0.3 is 6.09 Å². The van der Waals surface area contributed by atoms with Gasteiger partial charge in [0.1, 0.15) is 0 Å². The van der Waals surface area contributed by atoms with E-state index < -0.39 is 6.09 Å². The highest BCUT2D eigenvalue weighted by atomic mass is 16.5.